The van der Waals surface area contributed by atoms with Crippen LogP contribution in [0.5, 0.6) is 0 Å². The summed E-state index contributed by atoms with van der Waals surface area (Å²) >= 11 is 0. The SMILES string of the molecule is CC(C)c1ccc(C#N)c(CC(C)(C)c2ccc(N(C)C)cc2)c1. The predicted molar refractivity (Wildman–Crippen MR) is 103 cm³/mol. The Balaban J connectivity index is 2.34. The number of rotatable bonds is 5. The van der Waals surface area contributed by atoms with E-state index in [-0.39, 0.29) is 5.41 Å². The fourth-order valence-electron chi connectivity index (χ4n) is 3.02. The van der Waals surface area contributed by atoms with Gasteiger partial charge in [-0.05, 0) is 52.6 Å². The summed E-state index contributed by atoms with van der Waals surface area (Å²) in [6.45, 7) is 8.88. The second-order valence-electron chi connectivity index (χ2n) is 7.69. The zero-order valence-corrected chi connectivity index (χ0v) is 15.7. The van der Waals surface area contributed by atoms with Crippen LogP contribution in [0.3, 0.4) is 0 Å². The van der Waals surface area contributed by atoms with Crippen LogP contribution in [-0.4, -0.2) is 14.1 Å². The van der Waals surface area contributed by atoms with E-state index in [9.17, 15) is 5.26 Å². The number of benzene rings is 2. The van der Waals surface area contributed by atoms with Gasteiger partial charge in [-0.15, -0.1) is 0 Å². The van der Waals surface area contributed by atoms with Gasteiger partial charge in [0.15, 0.2) is 0 Å². The summed E-state index contributed by atoms with van der Waals surface area (Å²) < 4.78 is 0. The fraction of sp³-hybridized carbons (Fsp3) is 0.409. The molecule has 0 aromatic heterocycles. The van der Waals surface area contributed by atoms with Crippen LogP contribution in [0, 0.1) is 11.3 Å². The standard InChI is InChI=1S/C22H28N2/c1-16(2)17-7-8-18(15-23)19(13-17)14-22(3,4)20-9-11-21(12-10-20)24(5)6/h7-13,16H,14H2,1-6H3. The molecule has 0 bridgehead atoms. The first-order valence-electron chi connectivity index (χ1n) is 8.55. The first-order chi connectivity index (χ1) is 11.2. The summed E-state index contributed by atoms with van der Waals surface area (Å²) in [5.74, 6) is 0.471. The molecule has 0 atom stereocenters. The van der Waals surface area contributed by atoms with Gasteiger partial charge >= 0.3 is 0 Å². The molecule has 2 nitrogen and oxygen atoms in total. The van der Waals surface area contributed by atoms with Crippen LogP contribution in [0.4, 0.5) is 5.69 Å². The minimum atomic E-state index is -0.0218. The molecule has 0 unspecified atom stereocenters. The van der Waals surface area contributed by atoms with Crippen molar-refractivity contribution in [3.63, 3.8) is 0 Å². The highest BCUT2D eigenvalue weighted by molar-refractivity contribution is 5.48. The van der Waals surface area contributed by atoms with E-state index in [1.54, 1.807) is 0 Å². The fourth-order valence-corrected chi connectivity index (χ4v) is 3.02. The van der Waals surface area contributed by atoms with Crippen molar-refractivity contribution < 1.29 is 0 Å². The van der Waals surface area contributed by atoms with Crippen molar-refractivity contribution in [2.75, 3.05) is 19.0 Å². The quantitative estimate of drug-likeness (QED) is 0.750. The maximum atomic E-state index is 9.46. The molecule has 24 heavy (non-hydrogen) atoms. The van der Waals surface area contributed by atoms with Crippen LogP contribution in [0.1, 0.15) is 55.9 Å². The molecule has 0 fully saturated rings. The number of nitrogens with zero attached hydrogens (tertiary/aromatic N) is 2. The number of anilines is 1. The van der Waals surface area contributed by atoms with Crippen LogP contribution >= 0.6 is 0 Å². The molecule has 2 aromatic rings. The maximum Gasteiger partial charge on any atom is 0.0994 e. The van der Waals surface area contributed by atoms with E-state index in [1.165, 1.54) is 16.8 Å². The Kier molecular flexibility index (Phi) is 5.34. The second-order valence-corrected chi connectivity index (χ2v) is 7.69. The van der Waals surface area contributed by atoms with Crippen molar-refractivity contribution in [3.8, 4) is 6.07 Å². The third-order valence-corrected chi connectivity index (χ3v) is 4.71. The third-order valence-electron chi connectivity index (χ3n) is 4.71. The first-order valence-corrected chi connectivity index (χ1v) is 8.55. The zero-order chi connectivity index (χ0) is 17.9. The summed E-state index contributed by atoms with van der Waals surface area (Å²) in [6, 6.07) is 17.3. The lowest BCUT2D eigenvalue weighted by molar-refractivity contribution is 0.521. The number of nitriles is 1. The second kappa shape index (κ2) is 7.09. The lowest BCUT2D eigenvalue weighted by Gasteiger charge is -2.27. The van der Waals surface area contributed by atoms with Gasteiger partial charge in [-0.25, -0.2) is 0 Å². The van der Waals surface area contributed by atoms with E-state index in [4.69, 9.17) is 0 Å². The largest absolute Gasteiger partial charge is 0.378 e. The Morgan fingerprint density at radius 1 is 1.04 bits per heavy atom. The van der Waals surface area contributed by atoms with Gasteiger partial charge in [0, 0.05) is 19.8 Å². The molecule has 0 aliphatic rings. The van der Waals surface area contributed by atoms with Crippen LogP contribution in [0.25, 0.3) is 0 Å². The smallest absolute Gasteiger partial charge is 0.0994 e. The predicted octanol–water partition coefficient (Wildman–Crippen LogP) is 5.27. The minimum absolute atomic E-state index is 0.0218. The molecule has 0 heterocycles. The summed E-state index contributed by atoms with van der Waals surface area (Å²) in [7, 11) is 4.10. The van der Waals surface area contributed by atoms with E-state index >= 15 is 0 Å². The lowest BCUT2D eigenvalue weighted by atomic mass is 9.77. The molecule has 2 heteroatoms. The van der Waals surface area contributed by atoms with Gasteiger partial charge in [0.25, 0.3) is 0 Å². The Hall–Kier alpha value is -2.27. The van der Waals surface area contributed by atoms with Crippen LogP contribution in [0.2, 0.25) is 0 Å². The van der Waals surface area contributed by atoms with Crippen molar-refractivity contribution in [3.05, 3.63) is 64.7 Å². The Morgan fingerprint density at radius 3 is 2.17 bits per heavy atom. The molecule has 2 aromatic carbocycles. The third kappa shape index (κ3) is 3.97. The average molecular weight is 320 g/mol. The molecule has 2 rings (SSSR count). The highest BCUT2D eigenvalue weighted by Crippen LogP contribution is 2.31. The molecule has 0 spiro atoms. The molecule has 126 valence electrons. The van der Waals surface area contributed by atoms with Crippen LogP contribution in [-0.2, 0) is 11.8 Å². The van der Waals surface area contributed by atoms with Crippen molar-refractivity contribution in [2.45, 2.75) is 45.4 Å². The summed E-state index contributed by atoms with van der Waals surface area (Å²) in [4.78, 5) is 2.11. The Bertz CT molecular complexity index is 732. The highest BCUT2D eigenvalue weighted by atomic mass is 15.1. The summed E-state index contributed by atoms with van der Waals surface area (Å²) in [5.41, 5.74) is 5.71. The molecule has 0 N–H and O–H groups in total. The van der Waals surface area contributed by atoms with Gasteiger partial charge < -0.3 is 4.90 Å². The van der Waals surface area contributed by atoms with Gasteiger partial charge in [0.05, 0.1) is 11.6 Å². The highest BCUT2D eigenvalue weighted by Gasteiger charge is 2.23. The van der Waals surface area contributed by atoms with Crippen molar-refractivity contribution >= 4 is 5.69 Å². The molecular weight excluding hydrogens is 292 g/mol. The van der Waals surface area contributed by atoms with Gasteiger partial charge in [-0.3, -0.25) is 0 Å². The van der Waals surface area contributed by atoms with E-state index in [1.807, 2.05) is 6.07 Å². The van der Waals surface area contributed by atoms with Gasteiger partial charge in [-0.2, -0.15) is 5.26 Å². The topological polar surface area (TPSA) is 27.0 Å². The summed E-state index contributed by atoms with van der Waals surface area (Å²) in [6.07, 6.45) is 0.859. The Labute approximate surface area is 146 Å². The first kappa shape index (κ1) is 18.1. The van der Waals surface area contributed by atoms with Gasteiger partial charge in [-0.1, -0.05) is 52.0 Å². The number of hydrogen-bond donors (Lipinski definition) is 0. The lowest BCUT2D eigenvalue weighted by Crippen LogP contribution is -2.21. The summed E-state index contributed by atoms with van der Waals surface area (Å²) in [5, 5.41) is 9.46. The van der Waals surface area contributed by atoms with Crippen molar-refractivity contribution in [2.24, 2.45) is 0 Å². The van der Waals surface area contributed by atoms with E-state index in [0.717, 1.165) is 17.5 Å². The Morgan fingerprint density at radius 2 is 1.67 bits per heavy atom. The number of hydrogen-bond acceptors (Lipinski definition) is 2. The van der Waals surface area contributed by atoms with Crippen molar-refractivity contribution in [1.29, 1.82) is 5.26 Å². The average Bonchev–Trinajstić information content (AvgIpc) is 2.54. The van der Waals surface area contributed by atoms with E-state index in [2.05, 4.69) is 89.2 Å². The van der Waals surface area contributed by atoms with Crippen LogP contribution in [0.15, 0.2) is 42.5 Å². The maximum absolute atomic E-state index is 9.46. The molecule has 0 aliphatic heterocycles. The molecular formula is C22H28N2. The van der Waals surface area contributed by atoms with E-state index < -0.39 is 0 Å². The molecule has 0 aliphatic carbocycles. The van der Waals surface area contributed by atoms with E-state index in [0.29, 0.717) is 5.92 Å². The normalized spacial score (nSPS) is 11.4. The molecule has 0 saturated heterocycles. The minimum Gasteiger partial charge on any atom is -0.378 e. The zero-order valence-electron chi connectivity index (χ0n) is 15.7. The monoisotopic (exact) mass is 320 g/mol. The van der Waals surface area contributed by atoms with Crippen LogP contribution < -0.4 is 4.90 Å². The van der Waals surface area contributed by atoms with Gasteiger partial charge in [0.2, 0.25) is 0 Å². The molecule has 0 amide bonds. The molecule has 0 saturated carbocycles. The molecule has 0 radical (unpaired) electrons. The van der Waals surface area contributed by atoms with Gasteiger partial charge in [0.1, 0.15) is 0 Å². The van der Waals surface area contributed by atoms with Crippen molar-refractivity contribution in [1.82, 2.24) is 0 Å².